The Labute approximate surface area is 222 Å². The van der Waals surface area contributed by atoms with Crippen molar-refractivity contribution in [3.63, 3.8) is 0 Å². The molecule has 6 nitrogen and oxygen atoms in total. The third-order valence-electron chi connectivity index (χ3n) is 6.83. The van der Waals surface area contributed by atoms with E-state index in [4.69, 9.17) is 0 Å². The van der Waals surface area contributed by atoms with Crippen molar-refractivity contribution in [3.8, 4) is 0 Å². The molecule has 196 valence electrons. The Hall–Kier alpha value is -3.23. The fourth-order valence-corrected chi connectivity index (χ4v) is 5.39. The molecule has 37 heavy (non-hydrogen) atoms. The fraction of sp³-hybridized carbons (Fsp3) is 0.379. The van der Waals surface area contributed by atoms with E-state index < -0.39 is 0 Å². The summed E-state index contributed by atoms with van der Waals surface area (Å²) in [5.74, 6) is -0.449. The second-order valence-electron chi connectivity index (χ2n) is 9.62. The Kier molecular flexibility index (Phi) is 9.30. The number of urea groups is 1. The molecule has 3 aromatic rings. The minimum atomic E-state index is -0.309. The summed E-state index contributed by atoms with van der Waals surface area (Å²) in [6, 6.07) is 15.6. The van der Waals surface area contributed by atoms with Crippen LogP contribution in [0.5, 0.6) is 0 Å². The maximum atomic E-state index is 13.7. The minimum absolute atomic E-state index is 0.0306. The van der Waals surface area contributed by atoms with Gasteiger partial charge in [0.2, 0.25) is 5.91 Å². The maximum absolute atomic E-state index is 13.7. The molecule has 2 aromatic carbocycles. The quantitative estimate of drug-likeness (QED) is 0.374. The molecule has 1 saturated heterocycles. The molecule has 0 spiro atoms. The predicted molar refractivity (Wildman–Crippen MR) is 147 cm³/mol. The summed E-state index contributed by atoms with van der Waals surface area (Å²) in [7, 11) is 0. The smallest absolute Gasteiger partial charge is 0.322 e. The fourth-order valence-electron chi connectivity index (χ4n) is 4.47. The number of hydrogen-bond donors (Lipinski definition) is 1. The minimum Gasteiger partial charge on any atom is -0.332 e. The standard InChI is InChI=1S/C29H35FN4O2S/c1-22-7-3-4-8-26(22)31-29(36)33(17-16-32-14-5-6-15-32)21-28(35)34(20-27-23(2)13-18-37-27)19-24-9-11-25(30)12-10-24/h3-4,7-13,18H,5-6,14-17,19-21H2,1-2H3,(H,31,36). The number of hydrogen-bond acceptors (Lipinski definition) is 4. The normalized spacial score (nSPS) is 13.5. The van der Waals surface area contributed by atoms with Gasteiger partial charge in [0.1, 0.15) is 12.4 Å². The predicted octanol–water partition coefficient (Wildman–Crippen LogP) is 5.66. The topological polar surface area (TPSA) is 55.9 Å². The highest BCUT2D eigenvalue weighted by molar-refractivity contribution is 7.10. The van der Waals surface area contributed by atoms with Crippen molar-refractivity contribution >= 4 is 29.0 Å². The number of aryl methyl sites for hydroxylation is 2. The van der Waals surface area contributed by atoms with Gasteiger partial charge >= 0.3 is 6.03 Å². The molecule has 1 aliphatic rings. The third kappa shape index (κ3) is 7.63. The number of anilines is 1. The number of nitrogens with one attached hydrogen (secondary N) is 1. The van der Waals surface area contributed by atoms with Crippen molar-refractivity contribution in [2.45, 2.75) is 39.8 Å². The average Bonchev–Trinajstić information content (AvgIpc) is 3.55. The van der Waals surface area contributed by atoms with E-state index in [1.165, 1.54) is 25.0 Å². The lowest BCUT2D eigenvalue weighted by Crippen LogP contribution is -2.46. The number of halogens is 1. The molecule has 0 unspecified atom stereocenters. The lowest BCUT2D eigenvalue weighted by molar-refractivity contribution is -0.133. The van der Waals surface area contributed by atoms with Crippen LogP contribution in [0.4, 0.5) is 14.9 Å². The second-order valence-corrected chi connectivity index (χ2v) is 10.6. The molecular formula is C29H35FN4O2S. The van der Waals surface area contributed by atoms with E-state index in [-0.39, 0.29) is 24.3 Å². The van der Waals surface area contributed by atoms with Crippen LogP contribution in [0.25, 0.3) is 0 Å². The van der Waals surface area contributed by atoms with Crippen LogP contribution in [-0.4, -0.2) is 59.4 Å². The molecule has 4 rings (SSSR count). The molecule has 0 radical (unpaired) electrons. The molecule has 1 aromatic heterocycles. The van der Waals surface area contributed by atoms with Crippen LogP contribution in [0, 0.1) is 19.7 Å². The third-order valence-corrected chi connectivity index (χ3v) is 7.83. The number of benzene rings is 2. The summed E-state index contributed by atoms with van der Waals surface area (Å²) in [5, 5.41) is 5.02. The van der Waals surface area contributed by atoms with Gasteiger partial charge in [0.15, 0.2) is 0 Å². The Bertz CT molecular complexity index is 1190. The van der Waals surface area contributed by atoms with Crippen molar-refractivity contribution in [2.75, 3.05) is 38.0 Å². The van der Waals surface area contributed by atoms with E-state index in [0.717, 1.165) is 46.9 Å². The summed E-state index contributed by atoms with van der Waals surface area (Å²) in [6.45, 7) is 7.98. The monoisotopic (exact) mass is 522 g/mol. The van der Waals surface area contributed by atoms with Crippen LogP contribution in [0.15, 0.2) is 60.0 Å². The molecule has 0 atom stereocenters. The van der Waals surface area contributed by atoms with E-state index in [2.05, 4.69) is 10.2 Å². The number of likely N-dealkylation sites (tertiary alicyclic amines) is 1. The summed E-state index contributed by atoms with van der Waals surface area (Å²) < 4.78 is 13.5. The Morgan fingerprint density at radius 1 is 0.946 bits per heavy atom. The van der Waals surface area contributed by atoms with E-state index in [0.29, 0.717) is 19.6 Å². The first-order valence-corrected chi connectivity index (χ1v) is 13.7. The molecule has 2 heterocycles. The zero-order valence-electron chi connectivity index (χ0n) is 21.6. The largest absolute Gasteiger partial charge is 0.332 e. The van der Waals surface area contributed by atoms with Gasteiger partial charge in [-0.1, -0.05) is 30.3 Å². The summed E-state index contributed by atoms with van der Waals surface area (Å²) in [5.41, 5.74) is 3.68. The second kappa shape index (κ2) is 12.8. The van der Waals surface area contributed by atoms with Crippen molar-refractivity contribution in [1.29, 1.82) is 0 Å². The van der Waals surface area contributed by atoms with E-state index >= 15 is 0 Å². The lowest BCUT2D eigenvalue weighted by Gasteiger charge is -2.29. The van der Waals surface area contributed by atoms with Crippen LogP contribution in [0.1, 0.15) is 34.4 Å². The summed E-state index contributed by atoms with van der Waals surface area (Å²) >= 11 is 1.61. The first-order valence-electron chi connectivity index (χ1n) is 12.8. The van der Waals surface area contributed by atoms with Crippen LogP contribution in [-0.2, 0) is 17.9 Å². The van der Waals surface area contributed by atoms with Gasteiger partial charge in [-0.3, -0.25) is 4.79 Å². The van der Waals surface area contributed by atoms with Gasteiger partial charge in [-0.2, -0.15) is 0 Å². The molecule has 1 aliphatic heterocycles. The highest BCUT2D eigenvalue weighted by atomic mass is 32.1. The van der Waals surface area contributed by atoms with Crippen LogP contribution in [0.2, 0.25) is 0 Å². The first kappa shape index (κ1) is 26.8. The van der Waals surface area contributed by atoms with Crippen LogP contribution in [0.3, 0.4) is 0 Å². The molecule has 0 aliphatic carbocycles. The molecule has 3 amide bonds. The number of amides is 3. The molecule has 8 heteroatoms. The lowest BCUT2D eigenvalue weighted by atomic mass is 10.2. The number of rotatable bonds is 10. The van der Waals surface area contributed by atoms with Crippen LogP contribution >= 0.6 is 11.3 Å². The number of carbonyl (C=O) groups excluding carboxylic acids is 2. The van der Waals surface area contributed by atoms with Gasteiger partial charge in [0.25, 0.3) is 0 Å². The van der Waals surface area contributed by atoms with Gasteiger partial charge in [0.05, 0.1) is 6.54 Å². The highest BCUT2D eigenvalue weighted by Crippen LogP contribution is 2.20. The van der Waals surface area contributed by atoms with Crippen LogP contribution < -0.4 is 5.32 Å². The Balaban J connectivity index is 1.51. The summed E-state index contributed by atoms with van der Waals surface area (Å²) in [4.78, 5) is 33.9. The average molecular weight is 523 g/mol. The maximum Gasteiger partial charge on any atom is 0.322 e. The number of thiophene rings is 1. The van der Waals surface area contributed by atoms with Crippen molar-refractivity contribution < 1.29 is 14.0 Å². The number of carbonyl (C=O) groups is 2. The van der Waals surface area contributed by atoms with E-state index in [1.807, 2.05) is 49.6 Å². The molecule has 1 N–H and O–H groups in total. The van der Waals surface area contributed by atoms with Gasteiger partial charge in [-0.15, -0.1) is 11.3 Å². The van der Waals surface area contributed by atoms with Gasteiger partial charge in [-0.25, -0.2) is 9.18 Å². The SMILES string of the molecule is Cc1ccccc1NC(=O)N(CCN1CCCC1)CC(=O)N(Cc1ccc(F)cc1)Cc1sccc1C. The van der Waals surface area contributed by atoms with Gasteiger partial charge in [-0.05, 0) is 86.1 Å². The zero-order valence-corrected chi connectivity index (χ0v) is 22.4. The molecular weight excluding hydrogens is 487 g/mol. The Morgan fingerprint density at radius 2 is 1.68 bits per heavy atom. The van der Waals surface area contributed by atoms with Gasteiger partial charge in [0, 0.05) is 30.2 Å². The van der Waals surface area contributed by atoms with Crippen molar-refractivity contribution in [1.82, 2.24) is 14.7 Å². The number of para-hydroxylation sites is 1. The Morgan fingerprint density at radius 3 is 2.35 bits per heavy atom. The van der Waals surface area contributed by atoms with Crippen molar-refractivity contribution in [3.05, 3.63) is 87.4 Å². The summed E-state index contributed by atoms with van der Waals surface area (Å²) in [6.07, 6.45) is 2.33. The molecule has 1 fully saturated rings. The van der Waals surface area contributed by atoms with Gasteiger partial charge < -0.3 is 20.0 Å². The molecule has 0 saturated carbocycles. The van der Waals surface area contributed by atoms with Crippen molar-refractivity contribution in [2.24, 2.45) is 0 Å². The first-order chi connectivity index (χ1) is 17.9. The highest BCUT2D eigenvalue weighted by Gasteiger charge is 2.24. The zero-order chi connectivity index (χ0) is 26.2. The molecule has 0 bridgehead atoms. The number of nitrogens with zero attached hydrogens (tertiary/aromatic N) is 3. The van der Waals surface area contributed by atoms with E-state index in [9.17, 15) is 14.0 Å². The van der Waals surface area contributed by atoms with E-state index in [1.54, 1.807) is 33.3 Å².